The maximum absolute atomic E-state index is 4.10. The molecule has 2 aromatic heterocycles. The molecule has 6 heteroatoms. The Kier molecular flexibility index (Phi) is 4.69. The van der Waals surface area contributed by atoms with Gasteiger partial charge in [-0.15, -0.1) is 0 Å². The summed E-state index contributed by atoms with van der Waals surface area (Å²) in [6.45, 7) is 0. The molecule has 0 saturated carbocycles. The predicted molar refractivity (Wildman–Crippen MR) is 63.3 cm³/mol. The summed E-state index contributed by atoms with van der Waals surface area (Å²) in [5.74, 6) is 1.84. The van der Waals surface area contributed by atoms with Crippen molar-refractivity contribution in [2.24, 2.45) is 0 Å². The largest absolute Gasteiger partial charge is 0.266 e. The van der Waals surface area contributed by atoms with Gasteiger partial charge in [0.2, 0.25) is 0 Å². The van der Waals surface area contributed by atoms with E-state index < -0.39 is 0 Å². The van der Waals surface area contributed by atoms with Crippen molar-refractivity contribution < 1.29 is 0 Å². The number of unbranched alkanes of at least 4 members (excludes halogenated alkanes) is 4. The van der Waals surface area contributed by atoms with Crippen molar-refractivity contribution in [2.45, 2.75) is 44.9 Å². The number of nitrogens with zero attached hydrogens (tertiary/aromatic N) is 4. The van der Waals surface area contributed by atoms with E-state index in [1.165, 1.54) is 32.1 Å². The normalized spacial score (nSPS) is 10.8. The standard InChI is InChI=1S/C11H18N6/c1(2-4-6-10-12-8-14-16-10)3-5-7-11-13-9-15-17-11/h8-9H,1-7H2,(H,12,14,16)(H,13,15,17). The minimum absolute atomic E-state index is 0.922. The van der Waals surface area contributed by atoms with Crippen molar-refractivity contribution >= 4 is 0 Å². The van der Waals surface area contributed by atoms with Crippen LogP contribution in [0, 0.1) is 0 Å². The summed E-state index contributed by atoms with van der Waals surface area (Å²) < 4.78 is 0. The van der Waals surface area contributed by atoms with E-state index in [0.717, 1.165) is 24.5 Å². The molecule has 0 aliphatic heterocycles. The van der Waals surface area contributed by atoms with Gasteiger partial charge in [-0.1, -0.05) is 19.3 Å². The molecule has 17 heavy (non-hydrogen) atoms. The summed E-state index contributed by atoms with van der Waals surface area (Å²) >= 11 is 0. The van der Waals surface area contributed by atoms with E-state index in [1.807, 2.05) is 0 Å². The van der Waals surface area contributed by atoms with Crippen molar-refractivity contribution in [3.63, 3.8) is 0 Å². The Bertz CT molecular complexity index is 342. The van der Waals surface area contributed by atoms with Crippen molar-refractivity contribution in [1.29, 1.82) is 0 Å². The van der Waals surface area contributed by atoms with E-state index >= 15 is 0 Å². The maximum Gasteiger partial charge on any atom is 0.150 e. The fourth-order valence-corrected chi connectivity index (χ4v) is 1.81. The van der Waals surface area contributed by atoms with Gasteiger partial charge >= 0.3 is 0 Å². The van der Waals surface area contributed by atoms with Crippen LogP contribution in [-0.2, 0) is 12.8 Å². The fraction of sp³-hybridized carbons (Fsp3) is 0.636. The lowest BCUT2D eigenvalue weighted by molar-refractivity contribution is 0.600. The fourth-order valence-electron chi connectivity index (χ4n) is 1.81. The van der Waals surface area contributed by atoms with Crippen molar-refractivity contribution in [3.8, 4) is 0 Å². The summed E-state index contributed by atoms with van der Waals surface area (Å²) in [4.78, 5) is 8.19. The average Bonchev–Trinajstić information content (AvgIpc) is 3.00. The summed E-state index contributed by atoms with van der Waals surface area (Å²) in [5.41, 5.74) is 0. The maximum atomic E-state index is 4.10. The van der Waals surface area contributed by atoms with Crippen LogP contribution in [0.2, 0.25) is 0 Å². The van der Waals surface area contributed by atoms with E-state index in [-0.39, 0.29) is 0 Å². The smallest absolute Gasteiger partial charge is 0.150 e. The summed E-state index contributed by atoms with van der Waals surface area (Å²) in [6.07, 6.45) is 11.3. The monoisotopic (exact) mass is 234 g/mol. The van der Waals surface area contributed by atoms with Crippen LogP contribution >= 0.6 is 0 Å². The van der Waals surface area contributed by atoms with Crippen molar-refractivity contribution in [2.75, 3.05) is 0 Å². The van der Waals surface area contributed by atoms with Crippen molar-refractivity contribution in [3.05, 3.63) is 24.3 Å². The lowest BCUT2D eigenvalue weighted by Gasteiger charge is -1.98. The van der Waals surface area contributed by atoms with Gasteiger partial charge in [-0.05, 0) is 12.8 Å². The van der Waals surface area contributed by atoms with Crippen LogP contribution in [0.15, 0.2) is 12.7 Å². The van der Waals surface area contributed by atoms with E-state index in [1.54, 1.807) is 12.7 Å². The SMILES string of the molecule is c1nc(CCCCCCCc2nc[nH]n2)n[nH]1. The molecule has 2 N–H and O–H groups in total. The highest BCUT2D eigenvalue weighted by molar-refractivity contribution is 4.80. The number of hydrogen-bond donors (Lipinski definition) is 2. The third-order valence-corrected chi connectivity index (χ3v) is 2.73. The highest BCUT2D eigenvalue weighted by Gasteiger charge is 1.98. The van der Waals surface area contributed by atoms with Crippen LogP contribution in [-0.4, -0.2) is 30.4 Å². The highest BCUT2D eigenvalue weighted by Crippen LogP contribution is 2.07. The Labute approximate surface area is 100 Å². The molecule has 0 aliphatic carbocycles. The molecule has 2 heterocycles. The predicted octanol–water partition coefficient (Wildman–Crippen LogP) is 1.66. The van der Waals surface area contributed by atoms with Crippen LogP contribution in [0.4, 0.5) is 0 Å². The quantitative estimate of drug-likeness (QED) is 0.680. The summed E-state index contributed by atoms with van der Waals surface area (Å²) in [7, 11) is 0. The molecule has 0 radical (unpaired) electrons. The number of aromatic amines is 2. The lowest BCUT2D eigenvalue weighted by atomic mass is 10.1. The van der Waals surface area contributed by atoms with Crippen LogP contribution in [0.25, 0.3) is 0 Å². The molecule has 0 unspecified atom stereocenters. The van der Waals surface area contributed by atoms with Gasteiger partial charge in [-0.3, -0.25) is 10.2 Å². The Morgan fingerprint density at radius 2 is 1.18 bits per heavy atom. The third-order valence-electron chi connectivity index (χ3n) is 2.73. The second-order valence-corrected chi connectivity index (χ2v) is 4.10. The minimum Gasteiger partial charge on any atom is -0.266 e. The first-order chi connectivity index (χ1) is 8.45. The van der Waals surface area contributed by atoms with Gasteiger partial charge in [0, 0.05) is 12.8 Å². The molecule has 92 valence electrons. The lowest BCUT2D eigenvalue weighted by Crippen LogP contribution is -1.91. The molecule has 0 amide bonds. The molecule has 2 aromatic rings. The molecular weight excluding hydrogens is 216 g/mol. The first-order valence-electron chi connectivity index (χ1n) is 6.14. The molecule has 0 bridgehead atoms. The molecule has 0 fully saturated rings. The summed E-state index contributed by atoms with van der Waals surface area (Å²) in [5, 5.41) is 13.5. The van der Waals surface area contributed by atoms with E-state index in [4.69, 9.17) is 0 Å². The topological polar surface area (TPSA) is 83.1 Å². The molecule has 6 nitrogen and oxygen atoms in total. The molecule has 0 atom stereocenters. The first kappa shape index (κ1) is 11.8. The molecule has 2 rings (SSSR count). The Morgan fingerprint density at radius 3 is 1.59 bits per heavy atom. The van der Waals surface area contributed by atoms with Gasteiger partial charge < -0.3 is 0 Å². The van der Waals surface area contributed by atoms with Crippen LogP contribution in [0.5, 0.6) is 0 Å². The van der Waals surface area contributed by atoms with Crippen LogP contribution < -0.4 is 0 Å². The van der Waals surface area contributed by atoms with Crippen LogP contribution in [0.1, 0.15) is 43.8 Å². The van der Waals surface area contributed by atoms with Gasteiger partial charge in [0.15, 0.2) is 0 Å². The van der Waals surface area contributed by atoms with E-state index in [2.05, 4.69) is 30.4 Å². The number of rotatable bonds is 8. The van der Waals surface area contributed by atoms with Crippen LogP contribution in [0.3, 0.4) is 0 Å². The van der Waals surface area contributed by atoms with E-state index in [9.17, 15) is 0 Å². The zero-order valence-electron chi connectivity index (χ0n) is 9.89. The Balaban J connectivity index is 1.44. The van der Waals surface area contributed by atoms with E-state index in [0.29, 0.717) is 0 Å². The zero-order valence-corrected chi connectivity index (χ0v) is 9.89. The third kappa shape index (κ3) is 4.34. The van der Waals surface area contributed by atoms with Crippen molar-refractivity contribution in [1.82, 2.24) is 30.4 Å². The van der Waals surface area contributed by atoms with Gasteiger partial charge in [0.25, 0.3) is 0 Å². The minimum atomic E-state index is 0.922. The second kappa shape index (κ2) is 6.78. The molecule has 0 aliphatic rings. The Morgan fingerprint density at radius 1 is 0.706 bits per heavy atom. The second-order valence-electron chi connectivity index (χ2n) is 4.10. The molecule has 0 aromatic carbocycles. The number of hydrogen-bond acceptors (Lipinski definition) is 4. The first-order valence-corrected chi connectivity index (χ1v) is 6.14. The van der Waals surface area contributed by atoms with Gasteiger partial charge in [-0.25, -0.2) is 9.97 Å². The zero-order chi connectivity index (χ0) is 11.8. The Hall–Kier alpha value is -1.72. The number of aryl methyl sites for hydroxylation is 2. The molecule has 0 saturated heterocycles. The number of aromatic nitrogens is 6. The van der Waals surface area contributed by atoms with Gasteiger partial charge in [-0.2, -0.15) is 10.2 Å². The van der Waals surface area contributed by atoms with Gasteiger partial charge in [0.05, 0.1) is 0 Å². The number of nitrogens with one attached hydrogen (secondary N) is 2. The summed E-state index contributed by atoms with van der Waals surface area (Å²) in [6, 6.07) is 0. The molecular formula is C11H18N6. The van der Waals surface area contributed by atoms with Gasteiger partial charge in [0.1, 0.15) is 24.3 Å². The number of H-pyrrole nitrogens is 2. The highest BCUT2D eigenvalue weighted by atomic mass is 15.2. The molecule has 0 spiro atoms. The average molecular weight is 234 g/mol.